The van der Waals surface area contributed by atoms with Crippen molar-refractivity contribution in [1.29, 1.82) is 0 Å². The summed E-state index contributed by atoms with van der Waals surface area (Å²) in [7, 11) is 2.13. The standard InChI is InChI=1S/C13H21N5S/c1-3-4-5-18(2)12(11-7-15-9-16-11)13-17-10(6-14)8-19-13/h7-9,12H,3-6,14H2,1-2H3,(H,15,16). The van der Waals surface area contributed by atoms with Crippen LogP contribution in [0.3, 0.4) is 0 Å². The van der Waals surface area contributed by atoms with E-state index in [0.717, 1.165) is 22.9 Å². The number of nitrogens with zero attached hydrogens (tertiary/aromatic N) is 3. The fourth-order valence-corrected chi connectivity index (χ4v) is 3.07. The summed E-state index contributed by atoms with van der Waals surface area (Å²) < 4.78 is 0. The Morgan fingerprint density at radius 1 is 1.53 bits per heavy atom. The number of hydrogen-bond acceptors (Lipinski definition) is 5. The van der Waals surface area contributed by atoms with Crippen LogP contribution >= 0.6 is 11.3 Å². The van der Waals surface area contributed by atoms with Crippen LogP contribution in [0.5, 0.6) is 0 Å². The van der Waals surface area contributed by atoms with Crippen LogP contribution in [-0.2, 0) is 6.54 Å². The molecule has 6 heteroatoms. The average Bonchev–Trinajstić information content (AvgIpc) is 3.08. The number of nitrogens with one attached hydrogen (secondary N) is 1. The van der Waals surface area contributed by atoms with Crippen molar-refractivity contribution in [3.05, 3.63) is 34.3 Å². The molecule has 104 valence electrons. The third-order valence-corrected chi connectivity index (χ3v) is 4.08. The Balaban J connectivity index is 2.23. The van der Waals surface area contributed by atoms with E-state index < -0.39 is 0 Å². The van der Waals surface area contributed by atoms with Crippen LogP contribution in [0.15, 0.2) is 17.9 Å². The topological polar surface area (TPSA) is 70.8 Å². The highest BCUT2D eigenvalue weighted by atomic mass is 32.1. The largest absolute Gasteiger partial charge is 0.347 e. The van der Waals surface area contributed by atoms with Gasteiger partial charge in [0, 0.05) is 18.1 Å². The van der Waals surface area contributed by atoms with Crippen molar-refractivity contribution >= 4 is 11.3 Å². The van der Waals surface area contributed by atoms with E-state index in [1.165, 1.54) is 12.8 Å². The zero-order valence-electron chi connectivity index (χ0n) is 11.5. The first-order valence-corrected chi connectivity index (χ1v) is 7.47. The van der Waals surface area contributed by atoms with E-state index in [9.17, 15) is 0 Å². The van der Waals surface area contributed by atoms with Gasteiger partial charge < -0.3 is 10.7 Å². The van der Waals surface area contributed by atoms with Crippen LogP contribution < -0.4 is 5.73 Å². The molecule has 2 heterocycles. The molecule has 19 heavy (non-hydrogen) atoms. The minimum absolute atomic E-state index is 0.138. The molecule has 0 saturated carbocycles. The van der Waals surface area contributed by atoms with Gasteiger partial charge in [-0.15, -0.1) is 11.3 Å². The number of imidazole rings is 1. The van der Waals surface area contributed by atoms with Crippen LogP contribution in [0.1, 0.15) is 42.2 Å². The summed E-state index contributed by atoms with van der Waals surface area (Å²) in [6, 6.07) is 0.138. The molecule has 0 saturated heterocycles. The maximum Gasteiger partial charge on any atom is 0.116 e. The maximum atomic E-state index is 5.65. The molecule has 1 unspecified atom stereocenters. The Hall–Kier alpha value is -1.24. The van der Waals surface area contributed by atoms with Crippen molar-refractivity contribution in [3.8, 4) is 0 Å². The number of rotatable bonds is 7. The summed E-state index contributed by atoms with van der Waals surface area (Å²) in [4.78, 5) is 14.3. The first-order valence-electron chi connectivity index (χ1n) is 6.59. The van der Waals surface area contributed by atoms with E-state index in [1.54, 1.807) is 17.7 Å². The van der Waals surface area contributed by atoms with E-state index >= 15 is 0 Å². The van der Waals surface area contributed by atoms with Gasteiger partial charge in [-0.25, -0.2) is 9.97 Å². The smallest absolute Gasteiger partial charge is 0.116 e. The monoisotopic (exact) mass is 279 g/mol. The van der Waals surface area contributed by atoms with Crippen molar-refractivity contribution in [3.63, 3.8) is 0 Å². The first kappa shape index (κ1) is 14.2. The number of unbranched alkanes of at least 4 members (excludes halogenated alkanes) is 1. The van der Waals surface area contributed by atoms with Gasteiger partial charge in [-0.1, -0.05) is 13.3 Å². The van der Waals surface area contributed by atoms with Gasteiger partial charge in [0.1, 0.15) is 11.0 Å². The fourth-order valence-electron chi connectivity index (χ4n) is 2.05. The Morgan fingerprint density at radius 2 is 2.37 bits per heavy atom. The van der Waals surface area contributed by atoms with Gasteiger partial charge in [0.05, 0.1) is 17.7 Å². The molecule has 3 N–H and O–H groups in total. The molecule has 0 amide bonds. The number of H-pyrrole nitrogens is 1. The van der Waals surface area contributed by atoms with E-state index in [2.05, 4.69) is 33.8 Å². The highest BCUT2D eigenvalue weighted by Crippen LogP contribution is 2.28. The molecule has 2 rings (SSSR count). The predicted octanol–water partition coefficient (Wildman–Crippen LogP) is 2.15. The predicted molar refractivity (Wildman–Crippen MR) is 78.0 cm³/mol. The molecule has 0 aliphatic rings. The second-order valence-corrected chi connectivity index (χ2v) is 5.51. The lowest BCUT2D eigenvalue weighted by molar-refractivity contribution is 0.270. The normalized spacial score (nSPS) is 13.1. The number of hydrogen-bond donors (Lipinski definition) is 2. The number of thiazole rings is 1. The SMILES string of the molecule is CCCCN(C)C(c1cnc[nH]1)c1nc(CN)cs1. The lowest BCUT2D eigenvalue weighted by atomic mass is 10.2. The highest BCUT2D eigenvalue weighted by molar-refractivity contribution is 7.09. The van der Waals surface area contributed by atoms with Crippen molar-refractivity contribution < 1.29 is 0 Å². The van der Waals surface area contributed by atoms with Crippen molar-refractivity contribution in [2.45, 2.75) is 32.4 Å². The second kappa shape index (κ2) is 6.79. The minimum atomic E-state index is 0.138. The third kappa shape index (κ3) is 3.40. The molecule has 0 aliphatic heterocycles. The van der Waals surface area contributed by atoms with Gasteiger partial charge in [-0.05, 0) is 20.0 Å². The van der Waals surface area contributed by atoms with Crippen LogP contribution in [0.2, 0.25) is 0 Å². The first-order chi connectivity index (χ1) is 9.26. The van der Waals surface area contributed by atoms with Gasteiger partial charge in [0.15, 0.2) is 0 Å². The van der Waals surface area contributed by atoms with Gasteiger partial charge in [-0.2, -0.15) is 0 Å². The molecule has 5 nitrogen and oxygen atoms in total. The molecule has 0 radical (unpaired) electrons. The van der Waals surface area contributed by atoms with E-state index in [0.29, 0.717) is 6.54 Å². The van der Waals surface area contributed by atoms with Gasteiger partial charge in [0.25, 0.3) is 0 Å². The maximum absolute atomic E-state index is 5.65. The zero-order valence-corrected chi connectivity index (χ0v) is 12.3. The molecule has 0 bridgehead atoms. The molecule has 0 aliphatic carbocycles. The summed E-state index contributed by atoms with van der Waals surface area (Å²) in [5, 5.41) is 3.11. The van der Waals surface area contributed by atoms with Crippen LogP contribution in [0, 0.1) is 0 Å². The van der Waals surface area contributed by atoms with Crippen molar-refractivity contribution in [1.82, 2.24) is 19.9 Å². The van der Waals surface area contributed by atoms with E-state index in [-0.39, 0.29) is 6.04 Å². The summed E-state index contributed by atoms with van der Waals surface area (Å²) in [6.07, 6.45) is 5.95. The van der Waals surface area contributed by atoms with E-state index in [1.807, 2.05) is 11.6 Å². The van der Waals surface area contributed by atoms with E-state index in [4.69, 9.17) is 5.73 Å². The Bertz CT molecular complexity index is 479. The van der Waals surface area contributed by atoms with Gasteiger partial charge >= 0.3 is 0 Å². The number of nitrogens with two attached hydrogens (primary N) is 1. The highest BCUT2D eigenvalue weighted by Gasteiger charge is 2.23. The molecule has 1 atom stereocenters. The lowest BCUT2D eigenvalue weighted by Gasteiger charge is -2.25. The average molecular weight is 279 g/mol. The molecule has 2 aromatic heterocycles. The summed E-state index contributed by atoms with van der Waals surface area (Å²) >= 11 is 1.66. The Morgan fingerprint density at radius 3 is 2.95 bits per heavy atom. The van der Waals surface area contributed by atoms with Crippen molar-refractivity contribution in [2.75, 3.05) is 13.6 Å². The molecular formula is C13H21N5S. The van der Waals surface area contributed by atoms with Gasteiger partial charge in [-0.3, -0.25) is 4.90 Å². The zero-order chi connectivity index (χ0) is 13.7. The third-order valence-electron chi connectivity index (χ3n) is 3.13. The summed E-state index contributed by atoms with van der Waals surface area (Å²) in [6.45, 7) is 3.73. The quantitative estimate of drug-likeness (QED) is 0.814. The number of aromatic nitrogens is 3. The number of aromatic amines is 1. The molecule has 0 spiro atoms. The van der Waals surface area contributed by atoms with Crippen LogP contribution in [-0.4, -0.2) is 33.4 Å². The molecular weight excluding hydrogens is 258 g/mol. The van der Waals surface area contributed by atoms with Crippen LogP contribution in [0.25, 0.3) is 0 Å². The Kier molecular flexibility index (Phi) is 5.07. The molecule has 0 fully saturated rings. The summed E-state index contributed by atoms with van der Waals surface area (Å²) in [5.41, 5.74) is 7.68. The van der Waals surface area contributed by atoms with Gasteiger partial charge in [0.2, 0.25) is 0 Å². The molecule has 2 aromatic rings. The lowest BCUT2D eigenvalue weighted by Crippen LogP contribution is -2.27. The van der Waals surface area contributed by atoms with Crippen LogP contribution in [0.4, 0.5) is 0 Å². The second-order valence-electron chi connectivity index (χ2n) is 4.62. The summed E-state index contributed by atoms with van der Waals surface area (Å²) in [5.74, 6) is 0. The minimum Gasteiger partial charge on any atom is -0.347 e. The van der Waals surface area contributed by atoms with Crippen molar-refractivity contribution in [2.24, 2.45) is 5.73 Å². The fraction of sp³-hybridized carbons (Fsp3) is 0.538. The molecule has 0 aromatic carbocycles. The Labute approximate surface area is 117 Å².